The van der Waals surface area contributed by atoms with E-state index in [2.05, 4.69) is 5.32 Å². The van der Waals surface area contributed by atoms with E-state index in [1.54, 1.807) is 36.4 Å². The first-order chi connectivity index (χ1) is 12.4. The lowest BCUT2D eigenvalue weighted by molar-refractivity contribution is 0.102. The zero-order chi connectivity index (χ0) is 19.1. The molecule has 0 saturated carbocycles. The molecule has 6 nitrogen and oxygen atoms in total. The average Bonchev–Trinajstić information content (AvgIpc) is 2.62. The summed E-state index contributed by atoms with van der Waals surface area (Å²) >= 11 is 6.24. The Hall–Kier alpha value is -2.44. The van der Waals surface area contributed by atoms with Crippen molar-refractivity contribution in [3.63, 3.8) is 0 Å². The van der Waals surface area contributed by atoms with Crippen LogP contribution in [-0.4, -0.2) is 52.3 Å². The number of benzene rings is 2. The number of ether oxygens (including phenoxy) is 3. The molecular formula is C19H23ClN2O4. The maximum atomic E-state index is 12.5. The van der Waals surface area contributed by atoms with E-state index in [-0.39, 0.29) is 5.91 Å². The Labute approximate surface area is 158 Å². The normalized spacial score (nSPS) is 10.5. The number of nitrogens with one attached hydrogen (secondary N) is 1. The lowest BCUT2D eigenvalue weighted by atomic mass is 10.1. The summed E-state index contributed by atoms with van der Waals surface area (Å²) < 4.78 is 16.0. The number of hydrogen-bond acceptors (Lipinski definition) is 5. The second kappa shape index (κ2) is 9.31. The molecule has 1 amide bonds. The van der Waals surface area contributed by atoms with E-state index < -0.39 is 0 Å². The van der Waals surface area contributed by atoms with E-state index in [0.717, 1.165) is 6.54 Å². The molecule has 0 aliphatic heterocycles. The smallest absolute Gasteiger partial charge is 0.255 e. The van der Waals surface area contributed by atoms with Crippen molar-refractivity contribution in [3.05, 3.63) is 47.0 Å². The van der Waals surface area contributed by atoms with Crippen LogP contribution in [0.1, 0.15) is 10.4 Å². The number of halogens is 1. The average molecular weight is 379 g/mol. The van der Waals surface area contributed by atoms with Gasteiger partial charge in [-0.25, -0.2) is 0 Å². The lowest BCUT2D eigenvalue weighted by Gasteiger charge is -2.13. The fourth-order valence-electron chi connectivity index (χ4n) is 2.18. The Kier molecular flexibility index (Phi) is 7.12. The summed E-state index contributed by atoms with van der Waals surface area (Å²) in [5, 5.41) is 3.24. The van der Waals surface area contributed by atoms with Gasteiger partial charge < -0.3 is 24.4 Å². The number of carbonyl (C=O) groups excluding carboxylic acids is 1. The molecule has 0 bridgehead atoms. The first kappa shape index (κ1) is 19.9. The van der Waals surface area contributed by atoms with E-state index in [1.807, 2.05) is 19.0 Å². The van der Waals surface area contributed by atoms with Crippen LogP contribution in [0.2, 0.25) is 5.02 Å². The van der Waals surface area contributed by atoms with Crippen molar-refractivity contribution in [2.24, 2.45) is 0 Å². The van der Waals surface area contributed by atoms with Crippen LogP contribution >= 0.6 is 11.6 Å². The summed E-state index contributed by atoms with van der Waals surface area (Å²) in [5.41, 5.74) is 0.991. The Balaban J connectivity index is 2.08. The van der Waals surface area contributed by atoms with Crippen molar-refractivity contribution in [3.8, 4) is 17.2 Å². The van der Waals surface area contributed by atoms with E-state index in [9.17, 15) is 4.79 Å². The Morgan fingerprint density at radius 2 is 1.73 bits per heavy atom. The highest BCUT2D eigenvalue weighted by molar-refractivity contribution is 6.32. The predicted octanol–water partition coefficient (Wildman–Crippen LogP) is 3.55. The molecule has 0 atom stereocenters. The molecule has 2 aromatic rings. The van der Waals surface area contributed by atoms with Crippen molar-refractivity contribution in [1.82, 2.24) is 4.90 Å². The van der Waals surface area contributed by atoms with Gasteiger partial charge in [0, 0.05) is 23.9 Å². The lowest BCUT2D eigenvalue weighted by Crippen LogP contribution is -2.19. The number of likely N-dealkylation sites (N-methyl/N-ethyl adjacent to an activating group) is 1. The zero-order valence-electron chi connectivity index (χ0n) is 15.3. The van der Waals surface area contributed by atoms with Gasteiger partial charge in [-0.1, -0.05) is 11.6 Å². The molecule has 0 aromatic heterocycles. The molecule has 2 aromatic carbocycles. The summed E-state index contributed by atoms with van der Waals surface area (Å²) in [4.78, 5) is 14.5. The molecule has 140 valence electrons. The molecule has 0 aliphatic rings. The van der Waals surface area contributed by atoms with Crippen LogP contribution in [0, 0.1) is 0 Å². The fourth-order valence-corrected chi connectivity index (χ4v) is 2.41. The predicted molar refractivity (Wildman–Crippen MR) is 103 cm³/mol. The van der Waals surface area contributed by atoms with Crippen LogP contribution in [0.15, 0.2) is 36.4 Å². The number of methoxy groups -OCH3 is 2. The molecule has 0 aliphatic carbocycles. The first-order valence-electron chi connectivity index (χ1n) is 8.04. The number of nitrogens with zero attached hydrogens (tertiary/aromatic N) is 1. The van der Waals surface area contributed by atoms with Gasteiger partial charge in [0.15, 0.2) is 0 Å². The van der Waals surface area contributed by atoms with Crippen molar-refractivity contribution >= 4 is 23.2 Å². The fraction of sp³-hybridized carbons (Fsp3) is 0.316. The molecule has 1 N–H and O–H groups in total. The van der Waals surface area contributed by atoms with Gasteiger partial charge in [0.1, 0.15) is 23.9 Å². The van der Waals surface area contributed by atoms with Crippen molar-refractivity contribution < 1.29 is 19.0 Å². The van der Waals surface area contributed by atoms with E-state index in [0.29, 0.717) is 40.1 Å². The van der Waals surface area contributed by atoms with Crippen molar-refractivity contribution in [2.45, 2.75) is 0 Å². The van der Waals surface area contributed by atoms with Crippen LogP contribution in [-0.2, 0) is 0 Å². The van der Waals surface area contributed by atoms with Gasteiger partial charge in [-0.05, 0) is 44.4 Å². The van der Waals surface area contributed by atoms with Gasteiger partial charge in [0.2, 0.25) is 0 Å². The van der Waals surface area contributed by atoms with E-state index in [4.69, 9.17) is 25.8 Å². The summed E-state index contributed by atoms with van der Waals surface area (Å²) in [5.74, 6) is 1.36. The Morgan fingerprint density at radius 1 is 1.08 bits per heavy atom. The largest absolute Gasteiger partial charge is 0.497 e. The number of anilines is 1. The maximum absolute atomic E-state index is 12.5. The highest BCUT2D eigenvalue weighted by Gasteiger charge is 2.11. The van der Waals surface area contributed by atoms with Crippen LogP contribution in [0.5, 0.6) is 17.2 Å². The number of carbonyl (C=O) groups is 1. The second-order valence-electron chi connectivity index (χ2n) is 5.85. The molecule has 0 fully saturated rings. The minimum absolute atomic E-state index is 0.292. The van der Waals surface area contributed by atoms with Crippen molar-refractivity contribution in [1.29, 1.82) is 0 Å². The van der Waals surface area contributed by atoms with Gasteiger partial charge in [-0.2, -0.15) is 0 Å². The summed E-state index contributed by atoms with van der Waals surface area (Å²) in [6.45, 7) is 1.31. The summed E-state index contributed by atoms with van der Waals surface area (Å²) in [6, 6.07) is 10.1. The molecule has 0 saturated heterocycles. The van der Waals surface area contributed by atoms with Crippen LogP contribution in [0.4, 0.5) is 5.69 Å². The van der Waals surface area contributed by atoms with Gasteiger partial charge in [0.25, 0.3) is 5.91 Å². The van der Waals surface area contributed by atoms with Gasteiger partial charge >= 0.3 is 0 Å². The standard InChI is InChI=1S/C19H23ClN2O4/c1-22(2)7-8-26-18-6-5-14(11-17(18)20)21-19(23)13-9-15(24-3)12-16(10-13)25-4/h5-6,9-12H,7-8H2,1-4H3,(H,21,23). The molecule has 7 heteroatoms. The molecule has 0 heterocycles. The highest BCUT2D eigenvalue weighted by atomic mass is 35.5. The first-order valence-corrected chi connectivity index (χ1v) is 8.42. The third-order valence-corrected chi connectivity index (χ3v) is 3.89. The molecule has 2 rings (SSSR count). The number of rotatable bonds is 8. The van der Waals surface area contributed by atoms with Gasteiger partial charge in [0.05, 0.1) is 19.2 Å². The summed E-state index contributed by atoms with van der Waals surface area (Å²) in [6.07, 6.45) is 0. The SMILES string of the molecule is COc1cc(OC)cc(C(=O)Nc2ccc(OCCN(C)C)c(Cl)c2)c1. The van der Waals surface area contributed by atoms with Crippen LogP contribution in [0.25, 0.3) is 0 Å². The minimum Gasteiger partial charge on any atom is -0.497 e. The quantitative estimate of drug-likeness (QED) is 0.761. The van der Waals surface area contributed by atoms with Crippen molar-refractivity contribution in [2.75, 3.05) is 46.8 Å². The van der Waals surface area contributed by atoms with Crippen LogP contribution in [0.3, 0.4) is 0 Å². The van der Waals surface area contributed by atoms with E-state index >= 15 is 0 Å². The molecule has 0 spiro atoms. The topological polar surface area (TPSA) is 60.0 Å². The maximum Gasteiger partial charge on any atom is 0.255 e. The monoisotopic (exact) mass is 378 g/mol. The minimum atomic E-state index is -0.292. The number of amides is 1. The van der Waals surface area contributed by atoms with Crippen LogP contribution < -0.4 is 19.5 Å². The van der Waals surface area contributed by atoms with E-state index in [1.165, 1.54) is 14.2 Å². The Bertz CT molecular complexity index is 743. The van der Waals surface area contributed by atoms with Gasteiger partial charge in [-0.15, -0.1) is 0 Å². The molecule has 0 radical (unpaired) electrons. The molecule has 0 unspecified atom stereocenters. The second-order valence-corrected chi connectivity index (χ2v) is 6.26. The zero-order valence-corrected chi connectivity index (χ0v) is 16.1. The molecule has 26 heavy (non-hydrogen) atoms. The molecular weight excluding hydrogens is 356 g/mol. The Morgan fingerprint density at radius 3 is 2.27 bits per heavy atom. The third-order valence-electron chi connectivity index (χ3n) is 3.60. The number of hydrogen-bond donors (Lipinski definition) is 1. The summed E-state index contributed by atoms with van der Waals surface area (Å²) in [7, 11) is 7.00. The third kappa shape index (κ3) is 5.54. The van der Waals surface area contributed by atoms with Gasteiger partial charge in [-0.3, -0.25) is 4.79 Å². The highest BCUT2D eigenvalue weighted by Crippen LogP contribution is 2.28.